The molecule has 2 amide bonds. The lowest BCUT2D eigenvalue weighted by Crippen LogP contribution is -2.28. The molecule has 178 valence electrons. The zero-order valence-corrected chi connectivity index (χ0v) is 20.2. The van der Waals surface area contributed by atoms with E-state index in [1.165, 1.54) is 42.3 Å². The van der Waals surface area contributed by atoms with E-state index in [0.717, 1.165) is 12.8 Å². The molecule has 3 aromatic rings. The lowest BCUT2D eigenvalue weighted by molar-refractivity contribution is 0.0789. The molecule has 0 atom stereocenters. The van der Waals surface area contributed by atoms with Gasteiger partial charge in [0.1, 0.15) is 5.76 Å². The van der Waals surface area contributed by atoms with Crippen LogP contribution < -0.4 is 10.0 Å². The molecule has 34 heavy (non-hydrogen) atoms. The first kappa shape index (κ1) is 23.9. The van der Waals surface area contributed by atoms with E-state index in [0.29, 0.717) is 29.3 Å². The molecule has 0 aliphatic carbocycles. The molecule has 0 spiro atoms. The van der Waals surface area contributed by atoms with Gasteiger partial charge in [-0.05, 0) is 61.6 Å². The molecule has 10 heteroatoms. The Hall–Kier alpha value is -3.24. The van der Waals surface area contributed by atoms with Crippen LogP contribution in [0.5, 0.6) is 0 Å². The third-order valence-corrected chi connectivity index (χ3v) is 7.68. The van der Waals surface area contributed by atoms with Crippen molar-refractivity contribution in [3.8, 4) is 0 Å². The molecule has 1 aliphatic rings. The lowest BCUT2D eigenvalue weighted by atomic mass is 10.1. The third kappa shape index (κ3) is 5.28. The largest absolute Gasteiger partial charge is 0.467 e. The molecule has 4 rings (SSSR count). The van der Waals surface area contributed by atoms with Gasteiger partial charge in [-0.3, -0.25) is 14.3 Å². The number of rotatable bonds is 8. The maximum Gasteiger partial charge on any atom is 0.261 e. The second-order valence-electron chi connectivity index (χ2n) is 7.77. The van der Waals surface area contributed by atoms with Gasteiger partial charge >= 0.3 is 0 Å². The summed E-state index contributed by atoms with van der Waals surface area (Å²) in [6, 6.07) is 14.3. The first-order valence-corrected chi connectivity index (χ1v) is 13.5. The highest BCUT2D eigenvalue weighted by molar-refractivity contribution is 7.98. The molecule has 8 nitrogen and oxygen atoms in total. The summed E-state index contributed by atoms with van der Waals surface area (Å²) in [7, 11) is -4.06. The normalized spacial score (nSPS) is 13.6. The average molecular weight is 500 g/mol. The number of thioether (sulfide) groups is 1. The van der Waals surface area contributed by atoms with Crippen molar-refractivity contribution in [1.29, 1.82) is 0 Å². The standard InChI is InChI=1S/C24H25N3O5S2/c1-33-22-11-10-18(15-20(22)24(29)27-12-4-5-13-27)34(30,31)26-21-9-3-2-8-19(21)23(28)25-16-17-7-6-14-32-17/h2-3,6-11,14-15,26H,4-5,12-13,16H2,1H3,(H,25,28). The predicted molar refractivity (Wildman–Crippen MR) is 130 cm³/mol. The van der Waals surface area contributed by atoms with Gasteiger partial charge in [0, 0.05) is 18.0 Å². The van der Waals surface area contributed by atoms with Crippen molar-refractivity contribution < 1.29 is 22.4 Å². The van der Waals surface area contributed by atoms with Crippen molar-refractivity contribution in [2.75, 3.05) is 24.1 Å². The Morgan fingerprint density at radius 2 is 1.79 bits per heavy atom. The van der Waals surface area contributed by atoms with Gasteiger partial charge in [0.05, 0.1) is 34.5 Å². The SMILES string of the molecule is CSc1ccc(S(=O)(=O)Nc2ccccc2C(=O)NCc2ccco2)cc1C(=O)N1CCCC1. The highest BCUT2D eigenvalue weighted by Crippen LogP contribution is 2.28. The number of para-hydroxylation sites is 1. The minimum Gasteiger partial charge on any atom is -0.467 e. The Morgan fingerprint density at radius 1 is 1.03 bits per heavy atom. The monoisotopic (exact) mass is 499 g/mol. The van der Waals surface area contributed by atoms with Crippen LogP contribution in [-0.4, -0.2) is 44.5 Å². The van der Waals surface area contributed by atoms with Crippen molar-refractivity contribution >= 4 is 39.3 Å². The zero-order chi connectivity index (χ0) is 24.1. The number of likely N-dealkylation sites (tertiary alicyclic amines) is 1. The molecule has 2 N–H and O–H groups in total. The molecule has 2 aromatic carbocycles. The maximum absolute atomic E-state index is 13.2. The van der Waals surface area contributed by atoms with E-state index in [4.69, 9.17) is 4.42 Å². The Morgan fingerprint density at radius 3 is 2.50 bits per heavy atom. The number of nitrogens with zero attached hydrogens (tertiary/aromatic N) is 1. The van der Waals surface area contributed by atoms with Crippen LogP contribution in [-0.2, 0) is 16.6 Å². The molecule has 0 saturated carbocycles. The van der Waals surface area contributed by atoms with E-state index >= 15 is 0 Å². The summed E-state index contributed by atoms with van der Waals surface area (Å²) >= 11 is 1.39. The van der Waals surface area contributed by atoms with Crippen molar-refractivity contribution in [3.05, 3.63) is 77.7 Å². The van der Waals surface area contributed by atoms with E-state index in [9.17, 15) is 18.0 Å². The van der Waals surface area contributed by atoms with Crippen LogP contribution in [0.1, 0.15) is 39.3 Å². The molecular formula is C24H25N3O5S2. The smallest absolute Gasteiger partial charge is 0.261 e. The van der Waals surface area contributed by atoms with Gasteiger partial charge in [-0.15, -0.1) is 11.8 Å². The molecule has 0 unspecified atom stereocenters. The van der Waals surface area contributed by atoms with Gasteiger partial charge in [-0.2, -0.15) is 0 Å². The summed E-state index contributed by atoms with van der Waals surface area (Å²) in [5.41, 5.74) is 0.675. The predicted octanol–water partition coefficient (Wildman–Crippen LogP) is 3.97. The number of furan rings is 1. The van der Waals surface area contributed by atoms with Gasteiger partial charge < -0.3 is 14.6 Å². The Labute approximate surface area is 202 Å². The zero-order valence-electron chi connectivity index (χ0n) is 18.6. The number of carbonyl (C=O) groups excluding carboxylic acids is 2. The van der Waals surface area contributed by atoms with Crippen LogP contribution in [0.15, 0.2) is 75.1 Å². The Kier molecular flexibility index (Phi) is 7.28. The summed E-state index contributed by atoms with van der Waals surface area (Å²) in [4.78, 5) is 28.2. The summed E-state index contributed by atoms with van der Waals surface area (Å²) in [5, 5.41) is 2.72. The number of sulfonamides is 1. The summed E-state index contributed by atoms with van der Waals surface area (Å²) < 4.78 is 34.2. The number of hydrogen-bond donors (Lipinski definition) is 2. The Bertz CT molecular complexity index is 1280. The van der Waals surface area contributed by atoms with Gasteiger partial charge in [-0.25, -0.2) is 8.42 Å². The van der Waals surface area contributed by atoms with E-state index in [2.05, 4.69) is 10.0 Å². The second kappa shape index (κ2) is 10.4. The number of benzene rings is 2. The fourth-order valence-electron chi connectivity index (χ4n) is 3.76. The van der Waals surface area contributed by atoms with E-state index in [1.807, 2.05) is 6.26 Å². The average Bonchev–Trinajstić information content (AvgIpc) is 3.56. The number of hydrogen-bond acceptors (Lipinski definition) is 6. The molecular weight excluding hydrogens is 474 g/mol. The summed E-state index contributed by atoms with van der Waals surface area (Å²) in [6.07, 6.45) is 5.24. The summed E-state index contributed by atoms with van der Waals surface area (Å²) in [5.74, 6) is -0.0376. The first-order chi connectivity index (χ1) is 16.4. The quantitative estimate of drug-likeness (QED) is 0.454. The van der Waals surface area contributed by atoms with Crippen LogP contribution in [0.3, 0.4) is 0 Å². The van der Waals surface area contributed by atoms with E-state index < -0.39 is 15.9 Å². The van der Waals surface area contributed by atoms with Crippen LogP contribution in [0.2, 0.25) is 0 Å². The van der Waals surface area contributed by atoms with Gasteiger partial charge in [0.15, 0.2) is 0 Å². The molecule has 1 aliphatic heterocycles. The van der Waals surface area contributed by atoms with Crippen LogP contribution in [0.4, 0.5) is 5.69 Å². The molecule has 1 aromatic heterocycles. The van der Waals surface area contributed by atoms with Gasteiger partial charge in [-0.1, -0.05) is 12.1 Å². The number of nitrogens with one attached hydrogen (secondary N) is 2. The minimum atomic E-state index is -4.06. The van der Waals surface area contributed by atoms with Crippen molar-refractivity contribution in [1.82, 2.24) is 10.2 Å². The molecule has 0 bridgehead atoms. The summed E-state index contributed by atoms with van der Waals surface area (Å²) in [6.45, 7) is 1.51. The fourth-order valence-corrected chi connectivity index (χ4v) is 5.44. The number of amides is 2. The Balaban J connectivity index is 1.58. The van der Waals surface area contributed by atoms with Gasteiger partial charge in [0.2, 0.25) is 0 Å². The van der Waals surface area contributed by atoms with Crippen molar-refractivity contribution in [3.63, 3.8) is 0 Å². The molecule has 1 saturated heterocycles. The highest BCUT2D eigenvalue weighted by atomic mass is 32.2. The van der Waals surface area contributed by atoms with Crippen molar-refractivity contribution in [2.24, 2.45) is 0 Å². The number of anilines is 1. The van der Waals surface area contributed by atoms with E-state index in [-0.39, 0.29) is 28.6 Å². The van der Waals surface area contributed by atoms with Crippen molar-refractivity contribution in [2.45, 2.75) is 29.2 Å². The molecule has 1 fully saturated rings. The lowest BCUT2D eigenvalue weighted by Gasteiger charge is -2.18. The third-order valence-electron chi connectivity index (χ3n) is 5.52. The first-order valence-electron chi connectivity index (χ1n) is 10.8. The molecule has 2 heterocycles. The topological polar surface area (TPSA) is 109 Å². The second-order valence-corrected chi connectivity index (χ2v) is 10.3. The molecule has 0 radical (unpaired) electrons. The van der Waals surface area contributed by atoms with Crippen LogP contribution in [0, 0.1) is 0 Å². The van der Waals surface area contributed by atoms with Crippen LogP contribution >= 0.6 is 11.8 Å². The minimum absolute atomic E-state index is 0.0429. The van der Waals surface area contributed by atoms with E-state index in [1.54, 1.807) is 35.2 Å². The fraction of sp³-hybridized carbons (Fsp3) is 0.250. The van der Waals surface area contributed by atoms with Crippen LogP contribution in [0.25, 0.3) is 0 Å². The number of carbonyl (C=O) groups is 2. The maximum atomic E-state index is 13.2. The van der Waals surface area contributed by atoms with Gasteiger partial charge in [0.25, 0.3) is 21.8 Å². The highest BCUT2D eigenvalue weighted by Gasteiger charge is 2.25.